The Bertz CT molecular complexity index is 999. The van der Waals surface area contributed by atoms with Crippen LogP contribution in [0.5, 0.6) is 5.88 Å². The van der Waals surface area contributed by atoms with Gasteiger partial charge in [-0.2, -0.15) is 0 Å². The second-order valence-corrected chi connectivity index (χ2v) is 6.68. The van der Waals surface area contributed by atoms with Crippen LogP contribution in [-0.2, 0) is 0 Å². The molecule has 0 radical (unpaired) electrons. The van der Waals surface area contributed by atoms with Gasteiger partial charge in [-0.1, -0.05) is 12.1 Å². The van der Waals surface area contributed by atoms with Crippen LogP contribution in [-0.4, -0.2) is 45.0 Å². The number of benzene rings is 1. The summed E-state index contributed by atoms with van der Waals surface area (Å²) in [5, 5.41) is 0. The molecule has 0 spiro atoms. The summed E-state index contributed by atoms with van der Waals surface area (Å²) in [6, 6.07) is 8.77. The van der Waals surface area contributed by atoms with Gasteiger partial charge in [0.1, 0.15) is 17.7 Å². The first-order valence-corrected chi connectivity index (χ1v) is 9.25. The van der Waals surface area contributed by atoms with Gasteiger partial charge in [-0.15, -0.1) is 0 Å². The molecule has 1 unspecified atom stereocenters. The van der Waals surface area contributed by atoms with Gasteiger partial charge in [0.25, 0.3) is 5.91 Å². The molecule has 3 aromatic rings. The lowest BCUT2D eigenvalue weighted by Crippen LogP contribution is -2.44. The SMILES string of the molecule is O=C(c1c(F)cccc1-c1ncccn1)N1CCCC(Oc2ccc(F)cn2)C1. The van der Waals surface area contributed by atoms with E-state index < -0.39 is 17.5 Å². The Labute approximate surface area is 166 Å². The molecule has 1 fully saturated rings. The molecule has 4 rings (SSSR count). The van der Waals surface area contributed by atoms with E-state index in [1.54, 1.807) is 29.4 Å². The minimum atomic E-state index is -0.622. The molecular weight excluding hydrogens is 378 g/mol. The molecule has 1 aromatic carbocycles. The zero-order valence-corrected chi connectivity index (χ0v) is 15.5. The maximum atomic E-state index is 14.6. The second kappa shape index (κ2) is 8.30. The number of likely N-dealkylation sites (tertiary alicyclic amines) is 1. The first-order valence-electron chi connectivity index (χ1n) is 9.25. The van der Waals surface area contributed by atoms with Crippen molar-refractivity contribution in [2.45, 2.75) is 18.9 Å². The Morgan fingerprint density at radius 1 is 1.07 bits per heavy atom. The van der Waals surface area contributed by atoms with E-state index in [4.69, 9.17) is 4.74 Å². The van der Waals surface area contributed by atoms with Gasteiger partial charge in [0.15, 0.2) is 5.82 Å². The van der Waals surface area contributed by atoms with E-state index in [-0.39, 0.29) is 29.9 Å². The van der Waals surface area contributed by atoms with Crippen molar-refractivity contribution in [3.63, 3.8) is 0 Å². The summed E-state index contributed by atoms with van der Waals surface area (Å²) in [6.07, 6.45) is 5.27. The second-order valence-electron chi connectivity index (χ2n) is 6.68. The summed E-state index contributed by atoms with van der Waals surface area (Å²) in [5.41, 5.74) is 0.290. The van der Waals surface area contributed by atoms with Crippen molar-refractivity contribution in [3.8, 4) is 17.3 Å². The molecule has 2 aromatic heterocycles. The van der Waals surface area contributed by atoms with E-state index in [1.165, 1.54) is 24.3 Å². The van der Waals surface area contributed by atoms with Crippen LogP contribution < -0.4 is 4.74 Å². The molecule has 0 bridgehead atoms. The number of hydrogen-bond donors (Lipinski definition) is 0. The number of pyridine rings is 1. The topological polar surface area (TPSA) is 68.2 Å². The zero-order valence-electron chi connectivity index (χ0n) is 15.5. The third-order valence-corrected chi connectivity index (χ3v) is 4.69. The lowest BCUT2D eigenvalue weighted by molar-refractivity contribution is 0.0524. The molecule has 3 heterocycles. The number of aromatic nitrogens is 3. The van der Waals surface area contributed by atoms with Crippen LogP contribution in [0.2, 0.25) is 0 Å². The monoisotopic (exact) mass is 396 g/mol. The third kappa shape index (κ3) is 4.21. The Hall–Kier alpha value is -3.42. The quantitative estimate of drug-likeness (QED) is 0.675. The zero-order chi connectivity index (χ0) is 20.2. The van der Waals surface area contributed by atoms with Crippen molar-refractivity contribution in [2.24, 2.45) is 0 Å². The number of nitrogens with zero attached hydrogens (tertiary/aromatic N) is 4. The van der Waals surface area contributed by atoms with Gasteiger partial charge in [-0.25, -0.2) is 23.7 Å². The Kier molecular flexibility index (Phi) is 5.41. The van der Waals surface area contributed by atoms with Gasteiger partial charge in [0, 0.05) is 30.6 Å². The Morgan fingerprint density at radius 3 is 2.66 bits per heavy atom. The van der Waals surface area contributed by atoms with E-state index in [0.717, 1.165) is 12.6 Å². The molecular formula is C21H18F2N4O2. The van der Waals surface area contributed by atoms with Crippen molar-refractivity contribution >= 4 is 5.91 Å². The molecule has 6 nitrogen and oxygen atoms in total. The van der Waals surface area contributed by atoms with Gasteiger partial charge in [0.05, 0.1) is 18.3 Å². The molecule has 148 valence electrons. The molecule has 0 N–H and O–H groups in total. The van der Waals surface area contributed by atoms with Crippen LogP contribution in [0, 0.1) is 11.6 Å². The number of piperidine rings is 1. The van der Waals surface area contributed by atoms with Gasteiger partial charge >= 0.3 is 0 Å². The maximum absolute atomic E-state index is 14.6. The normalized spacial score (nSPS) is 16.5. The van der Waals surface area contributed by atoms with Gasteiger partial charge in [-0.3, -0.25) is 4.79 Å². The summed E-state index contributed by atoms with van der Waals surface area (Å²) in [7, 11) is 0. The first kappa shape index (κ1) is 18.9. The number of amides is 1. The summed E-state index contributed by atoms with van der Waals surface area (Å²) in [6.45, 7) is 0.764. The van der Waals surface area contributed by atoms with E-state index in [2.05, 4.69) is 15.0 Å². The minimum absolute atomic E-state index is 0.0562. The highest BCUT2D eigenvalue weighted by Gasteiger charge is 2.29. The van der Waals surface area contributed by atoms with Crippen LogP contribution in [0.4, 0.5) is 8.78 Å². The molecule has 0 aliphatic carbocycles. The molecule has 1 saturated heterocycles. The van der Waals surface area contributed by atoms with Crippen molar-refractivity contribution in [1.82, 2.24) is 19.9 Å². The number of carbonyl (C=O) groups excluding carboxylic acids is 1. The molecule has 1 amide bonds. The molecule has 0 saturated carbocycles. The molecule has 29 heavy (non-hydrogen) atoms. The summed E-state index contributed by atoms with van der Waals surface area (Å²) in [4.78, 5) is 26.9. The van der Waals surface area contributed by atoms with Crippen LogP contribution >= 0.6 is 0 Å². The highest BCUT2D eigenvalue weighted by Crippen LogP contribution is 2.26. The molecule has 1 aliphatic rings. The van der Waals surface area contributed by atoms with Crippen molar-refractivity contribution in [3.05, 3.63) is 72.2 Å². The van der Waals surface area contributed by atoms with Crippen molar-refractivity contribution < 1.29 is 18.3 Å². The Morgan fingerprint density at radius 2 is 1.90 bits per heavy atom. The number of halogens is 2. The highest BCUT2D eigenvalue weighted by atomic mass is 19.1. The van der Waals surface area contributed by atoms with E-state index in [0.29, 0.717) is 18.5 Å². The average Bonchev–Trinajstić information content (AvgIpc) is 2.75. The molecule has 8 heteroatoms. The molecule has 1 aliphatic heterocycles. The predicted molar refractivity (Wildman–Crippen MR) is 101 cm³/mol. The minimum Gasteiger partial charge on any atom is -0.472 e. The van der Waals surface area contributed by atoms with Crippen LogP contribution in [0.15, 0.2) is 55.0 Å². The van der Waals surface area contributed by atoms with Crippen molar-refractivity contribution in [1.29, 1.82) is 0 Å². The number of carbonyl (C=O) groups is 1. The fourth-order valence-electron chi connectivity index (χ4n) is 3.35. The fraction of sp³-hybridized carbons (Fsp3) is 0.238. The number of ether oxygens (including phenoxy) is 1. The van der Waals surface area contributed by atoms with E-state index in [9.17, 15) is 13.6 Å². The average molecular weight is 396 g/mol. The van der Waals surface area contributed by atoms with Gasteiger partial charge in [0.2, 0.25) is 5.88 Å². The fourth-order valence-corrected chi connectivity index (χ4v) is 3.35. The summed E-state index contributed by atoms with van der Waals surface area (Å²) >= 11 is 0. The largest absolute Gasteiger partial charge is 0.472 e. The smallest absolute Gasteiger partial charge is 0.257 e. The predicted octanol–water partition coefficient (Wildman–Crippen LogP) is 3.50. The highest BCUT2D eigenvalue weighted by molar-refractivity contribution is 6.00. The molecule has 1 atom stereocenters. The van der Waals surface area contributed by atoms with Crippen LogP contribution in [0.3, 0.4) is 0 Å². The van der Waals surface area contributed by atoms with Gasteiger partial charge < -0.3 is 9.64 Å². The third-order valence-electron chi connectivity index (χ3n) is 4.69. The summed E-state index contributed by atoms with van der Waals surface area (Å²) in [5.74, 6) is -0.937. The van der Waals surface area contributed by atoms with Gasteiger partial charge in [-0.05, 0) is 31.0 Å². The van der Waals surface area contributed by atoms with Crippen molar-refractivity contribution in [2.75, 3.05) is 13.1 Å². The summed E-state index contributed by atoms with van der Waals surface area (Å²) < 4.78 is 33.4. The first-order chi connectivity index (χ1) is 14.1. The van der Waals surface area contributed by atoms with E-state index in [1.807, 2.05) is 0 Å². The standard InChI is InChI=1S/C21H18F2N4O2/c22-14-7-8-18(26-12-14)29-15-4-2-11-27(13-15)21(28)19-16(5-1-6-17(19)23)20-24-9-3-10-25-20/h1,3,5-10,12,15H,2,4,11,13H2. The maximum Gasteiger partial charge on any atom is 0.257 e. The van der Waals surface area contributed by atoms with Crippen LogP contribution in [0.1, 0.15) is 23.2 Å². The lowest BCUT2D eigenvalue weighted by atomic mass is 10.0. The number of rotatable bonds is 4. The van der Waals surface area contributed by atoms with E-state index >= 15 is 0 Å². The Balaban J connectivity index is 1.56. The number of hydrogen-bond acceptors (Lipinski definition) is 5. The lowest BCUT2D eigenvalue weighted by Gasteiger charge is -2.33. The van der Waals surface area contributed by atoms with Crippen LogP contribution in [0.25, 0.3) is 11.4 Å².